The smallest absolute Gasteiger partial charge is 0.192 e. The van der Waals surface area contributed by atoms with Gasteiger partial charge in [0.1, 0.15) is 6.61 Å². The number of ether oxygens (including phenoxy) is 3. The second kappa shape index (κ2) is 11.2. The van der Waals surface area contributed by atoms with E-state index in [0.717, 1.165) is 43.0 Å². The summed E-state index contributed by atoms with van der Waals surface area (Å²) in [5.41, 5.74) is 4.41. The Morgan fingerprint density at radius 2 is 1.72 bits per heavy atom. The van der Waals surface area contributed by atoms with Crippen LogP contribution < -0.4 is 9.47 Å². The summed E-state index contributed by atoms with van der Waals surface area (Å²) in [5, 5.41) is 0.241. The van der Waals surface area contributed by atoms with Crippen LogP contribution in [-0.4, -0.2) is 34.7 Å². The van der Waals surface area contributed by atoms with Gasteiger partial charge >= 0.3 is 0 Å². The van der Waals surface area contributed by atoms with Crippen molar-refractivity contribution in [3.63, 3.8) is 0 Å². The van der Waals surface area contributed by atoms with Crippen molar-refractivity contribution in [1.29, 1.82) is 0 Å². The molecule has 0 bridgehead atoms. The molecule has 214 valence electrons. The Kier molecular flexibility index (Phi) is 8.25. The van der Waals surface area contributed by atoms with Crippen molar-refractivity contribution in [2.24, 2.45) is 17.3 Å². The molecule has 0 spiro atoms. The van der Waals surface area contributed by atoms with Gasteiger partial charge in [0.15, 0.2) is 19.8 Å². The van der Waals surface area contributed by atoms with E-state index in [9.17, 15) is 0 Å². The summed E-state index contributed by atoms with van der Waals surface area (Å²) in [6.07, 6.45) is 7.70. The number of benzene rings is 2. The molecule has 2 saturated carbocycles. The molecule has 0 saturated heterocycles. The highest BCUT2D eigenvalue weighted by Crippen LogP contribution is 2.62. The Balaban J connectivity index is 1.24. The summed E-state index contributed by atoms with van der Waals surface area (Å²) in [5.74, 6) is 3.82. The van der Waals surface area contributed by atoms with E-state index in [2.05, 4.69) is 77.2 Å². The van der Waals surface area contributed by atoms with Gasteiger partial charge in [-0.15, -0.1) is 0 Å². The van der Waals surface area contributed by atoms with Crippen LogP contribution in [0.4, 0.5) is 0 Å². The molecular weight excluding hydrogens is 500 g/mol. The summed E-state index contributed by atoms with van der Waals surface area (Å²) in [6, 6.07) is 14.9. The largest absolute Gasteiger partial charge is 0.493 e. The third kappa shape index (κ3) is 5.69. The highest BCUT2D eigenvalue weighted by Gasteiger charge is 2.55. The van der Waals surface area contributed by atoms with E-state index >= 15 is 0 Å². The van der Waals surface area contributed by atoms with E-state index in [1.54, 1.807) is 7.11 Å². The quantitative estimate of drug-likeness (QED) is 0.232. The van der Waals surface area contributed by atoms with Gasteiger partial charge in [0.05, 0.1) is 26.4 Å². The van der Waals surface area contributed by atoms with Crippen LogP contribution in [0.5, 0.6) is 11.5 Å². The first-order chi connectivity index (χ1) is 18.5. The van der Waals surface area contributed by atoms with E-state index in [-0.39, 0.29) is 10.5 Å². The van der Waals surface area contributed by atoms with Crippen LogP contribution >= 0.6 is 0 Å². The van der Waals surface area contributed by atoms with Gasteiger partial charge in [-0.3, -0.25) is 0 Å². The van der Waals surface area contributed by atoms with Crippen LogP contribution in [0, 0.1) is 17.3 Å². The topological polar surface area (TPSA) is 36.9 Å². The minimum atomic E-state index is -1.73. The first-order valence-corrected chi connectivity index (χ1v) is 18.1. The highest BCUT2D eigenvalue weighted by atomic mass is 28.4. The summed E-state index contributed by atoms with van der Waals surface area (Å²) < 4.78 is 25.1. The number of rotatable bonds is 9. The summed E-state index contributed by atoms with van der Waals surface area (Å²) in [7, 11) is 0.0411. The normalized spacial score (nSPS) is 28.4. The lowest BCUT2D eigenvalue weighted by Gasteiger charge is -2.50. The van der Waals surface area contributed by atoms with Crippen LogP contribution in [0.2, 0.25) is 18.1 Å². The maximum atomic E-state index is 6.61. The maximum absolute atomic E-state index is 6.61. The number of methoxy groups -OCH3 is 1. The average molecular weight is 551 g/mol. The van der Waals surface area contributed by atoms with Crippen molar-refractivity contribution in [3.05, 3.63) is 59.2 Å². The lowest BCUT2D eigenvalue weighted by atomic mass is 9.55. The van der Waals surface area contributed by atoms with Crippen LogP contribution in [0.1, 0.15) is 82.4 Å². The van der Waals surface area contributed by atoms with Crippen molar-refractivity contribution in [2.45, 2.75) is 103 Å². The minimum Gasteiger partial charge on any atom is -0.493 e. The van der Waals surface area contributed by atoms with Crippen molar-refractivity contribution in [3.8, 4) is 11.5 Å². The molecule has 3 unspecified atom stereocenters. The van der Waals surface area contributed by atoms with Crippen LogP contribution in [0.3, 0.4) is 0 Å². The zero-order valence-corrected chi connectivity index (χ0v) is 26.3. The fourth-order valence-corrected chi connectivity index (χ4v) is 8.54. The molecule has 0 aromatic heterocycles. The van der Waals surface area contributed by atoms with Gasteiger partial charge in [-0.2, -0.15) is 0 Å². The zero-order valence-electron chi connectivity index (χ0n) is 25.3. The van der Waals surface area contributed by atoms with Gasteiger partial charge in [-0.05, 0) is 109 Å². The van der Waals surface area contributed by atoms with E-state index in [1.165, 1.54) is 48.8 Å². The van der Waals surface area contributed by atoms with Crippen LogP contribution in [0.15, 0.2) is 42.5 Å². The molecule has 5 atom stereocenters. The zero-order chi connectivity index (χ0) is 27.8. The Morgan fingerprint density at radius 3 is 2.44 bits per heavy atom. The number of hydrogen-bond donors (Lipinski definition) is 0. The van der Waals surface area contributed by atoms with Gasteiger partial charge in [-0.1, -0.05) is 58.0 Å². The van der Waals surface area contributed by atoms with E-state index < -0.39 is 8.32 Å². The highest BCUT2D eigenvalue weighted by molar-refractivity contribution is 6.74. The number of fused-ring (bicyclic) bond motifs is 5. The summed E-state index contributed by atoms with van der Waals surface area (Å²) in [6.45, 7) is 16.1. The minimum absolute atomic E-state index is 0.241. The van der Waals surface area contributed by atoms with Crippen molar-refractivity contribution >= 4 is 8.32 Å². The molecule has 3 aliphatic rings. The SMILES string of the molecule is COc1cc2c(cc1OCc1ccccc1)CCC1C2CC[C@@]2(C)C1CC[C@@H]2OCCO[Si](C)(C)C(C)(C)C. The average Bonchev–Trinajstić information content (AvgIpc) is 3.25. The Hall–Kier alpha value is -1.82. The predicted molar refractivity (Wildman–Crippen MR) is 161 cm³/mol. The first-order valence-electron chi connectivity index (χ1n) is 15.2. The van der Waals surface area contributed by atoms with Crippen LogP contribution in [-0.2, 0) is 22.2 Å². The summed E-state index contributed by atoms with van der Waals surface area (Å²) >= 11 is 0. The van der Waals surface area contributed by atoms with E-state index in [4.69, 9.17) is 18.6 Å². The summed E-state index contributed by atoms with van der Waals surface area (Å²) in [4.78, 5) is 0. The standard InChI is InChI=1S/C34H50O4Si/c1-33(2,3)39(6,7)38-20-19-36-32-16-15-29-27-14-13-25-21-31(37-23-24-11-9-8-10-12-24)30(35-5)22-28(25)26(27)17-18-34(29,32)4/h8-12,21-22,26-27,29,32H,13-20,23H2,1-7H3/t26?,27?,29?,32-,34-/m0/s1. The van der Waals surface area contributed by atoms with E-state index in [1.807, 2.05) is 6.07 Å². The van der Waals surface area contributed by atoms with Crippen molar-refractivity contribution < 1.29 is 18.6 Å². The fraction of sp³-hybridized carbons (Fsp3) is 0.647. The molecule has 0 N–H and O–H groups in total. The van der Waals surface area contributed by atoms with E-state index in [0.29, 0.717) is 18.6 Å². The third-order valence-electron chi connectivity index (χ3n) is 10.8. The lowest BCUT2D eigenvalue weighted by Crippen LogP contribution is -2.45. The van der Waals surface area contributed by atoms with Gasteiger partial charge in [0.2, 0.25) is 0 Å². The maximum Gasteiger partial charge on any atom is 0.192 e. The molecular formula is C34H50O4Si. The Labute approximate surface area is 237 Å². The molecule has 39 heavy (non-hydrogen) atoms. The van der Waals surface area contributed by atoms with Gasteiger partial charge in [-0.25, -0.2) is 0 Å². The Bertz CT molecular complexity index is 1120. The van der Waals surface area contributed by atoms with Crippen molar-refractivity contribution in [1.82, 2.24) is 0 Å². The van der Waals surface area contributed by atoms with Gasteiger partial charge < -0.3 is 18.6 Å². The van der Waals surface area contributed by atoms with Gasteiger partial charge in [0, 0.05) is 0 Å². The number of aryl methyl sites for hydroxylation is 1. The first kappa shape index (κ1) is 28.7. The monoisotopic (exact) mass is 550 g/mol. The molecule has 0 heterocycles. The molecule has 0 amide bonds. The Morgan fingerprint density at radius 1 is 0.949 bits per heavy atom. The molecule has 5 heteroatoms. The second-order valence-corrected chi connectivity index (χ2v) is 18.8. The fourth-order valence-electron chi connectivity index (χ4n) is 7.51. The second-order valence-electron chi connectivity index (χ2n) is 14.0. The molecule has 0 radical (unpaired) electrons. The molecule has 0 aliphatic heterocycles. The molecule has 2 fully saturated rings. The van der Waals surface area contributed by atoms with Gasteiger partial charge in [0.25, 0.3) is 0 Å². The molecule has 4 nitrogen and oxygen atoms in total. The van der Waals surface area contributed by atoms with Crippen molar-refractivity contribution in [2.75, 3.05) is 20.3 Å². The van der Waals surface area contributed by atoms with Crippen LogP contribution in [0.25, 0.3) is 0 Å². The molecule has 2 aromatic carbocycles. The number of hydrogen-bond acceptors (Lipinski definition) is 4. The molecule has 2 aromatic rings. The molecule has 3 aliphatic carbocycles. The predicted octanol–water partition coefficient (Wildman–Crippen LogP) is 8.54. The third-order valence-corrected chi connectivity index (χ3v) is 15.4. The lowest BCUT2D eigenvalue weighted by molar-refractivity contribution is -0.0701. The molecule has 5 rings (SSSR count).